The zero-order valence-corrected chi connectivity index (χ0v) is 8.73. The third-order valence-electron chi connectivity index (χ3n) is 3.56. The van der Waals surface area contributed by atoms with Crippen LogP contribution in [0.3, 0.4) is 0 Å². The Morgan fingerprint density at radius 1 is 1.14 bits per heavy atom. The Balaban J connectivity index is 1.66. The number of hydrogen-bond donors (Lipinski definition) is 2. The van der Waals surface area contributed by atoms with Crippen LogP contribution in [0.4, 0.5) is 0 Å². The number of aliphatic hydroxyl groups excluding tert-OH is 2. The van der Waals surface area contributed by atoms with E-state index in [0.29, 0.717) is 18.4 Å². The molecular weight excluding hydrogens is 178 g/mol. The molecule has 2 N–H and O–H groups in total. The first-order valence-corrected chi connectivity index (χ1v) is 5.79. The molecular formula is C11H21NO2. The monoisotopic (exact) mass is 199 g/mol. The summed E-state index contributed by atoms with van der Waals surface area (Å²) in [5.74, 6) is 1.21. The third kappa shape index (κ3) is 2.47. The molecule has 2 aliphatic rings. The smallest absolute Gasteiger partial charge is 0.0543 e. The van der Waals surface area contributed by atoms with Gasteiger partial charge < -0.3 is 15.1 Å². The molecule has 1 saturated carbocycles. The predicted octanol–water partition coefficient (Wildman–Crippen LogP) is 0.462. The van der Waals surface area contributed by atoms with E-state index in [9.17, 15) is 5.11 Å². The lowest BCUT2D eigenvalue weighted by atomic mass is 9.86. The van der Waals surface area contributed by atoms with Crippen molar-refractivity contribution in [3.05, 3.63) is 0 Å². The van der Waals surface area contributed by atoms with Crippen molar-refractivity contribution in [2.45, 2.75) is 31.8 Å². The van der Waals surface area contributed by atoms with Crippen LogP contribution in [-0.2, 0) is 0 Å². The minimum absolute atomic E-state index is 0.0522. The molecule has 1 saturated heterocycles. The first kappa shape index (κ1) is 10.4. The highest BCUT2D eigenvalue weighted by atomic mass is 16.3. The van der Waals surface area contributed by atoms with Gasteiger partial charge in [-0.3, -0.25) is 0 Å². The average molecular weight is 199 g/mol. The average Bonchev–Trinajstić information content (AvgIpc) is 2.10. The van der Waals surface area contributed by atoms with Crippen molar-refractivity contribution < 1.29 is 10.2 Å². The minimum Gasteiger partial charge on any atom is -0.396 e. The summed E-state index contributed by atoms with van der Waals surface area (Å²) in [5, 5.41) is 18.4. The summed E-state index contributed by atoms with van der Waals surface area (Å²) >= 11 is 0. The molecule has 82 valence electrons. The van der Waals surface area contributed by atoms with Gasteiger partial charge in [0.15, 0.2) is 0 Å². The van der Waals surface area contributed by atoms with Crippen LogP contribution in [0.25, 0.3) is 0 Å². The van der Waals surface area contributed by atoms with E-state index < -0.39 is 0 Å². The van der Waals surface area contributed by atoms with Gasteiger partial charge in [-0.15, -0.1) is 0 Å². The number of aliphatic hydroxyl groups is 2. The van der Waals surface area contributed by atoms with Gasteiger partial charge in [-0.25, -0.2) is 0 Å². The summed E-state index contributed by atoms with van der Waals surface area (Å²) in [7, 11) is 0. The van der Waals surface area contributed by atoms with Gasteiger partial charge in [-0.2, -0.15) is 0 Å². The molecule has 2 unspecified atom stereocenters. The van der Waals surface area contributed by atoms with E-state index in [4.69, 9.17) is 5.11 Å². The highest BCUT2D eigenvalue weighted by molar-refractivity contribution is 4.83. The van der Waals surface area contributed by atoms with E-state index in [1.54, 1.807) is 0 Å². The molecule has 0 aromatic rings. The summed E-state index contributed by atoms with van der Waals surface area (Å²) in [6.45, 7) is 3.59. The zero-order chi connectivity index (χ0) is 9.97. The molecule has 0 aromatic carbocycles. The minimum atomic E-state index is -0.0522. The van der Waals surface area contributed by atoms with Gasteiger partial charge in [-0.1, -0.05) is 6.42 Å². The fraction of sp³-hybridized carbons (Fsp3) is 1.00. The lowest BCUT2D eigenvalue weighted by Crippen LogP contribution is -2.50. The topological polar surface area (TPSA) is 43.7 Å². The Morgan fingerprint density at radius 3 is 2.57 bits per heavy atom. The molecule has 1 aliphatic heterocycles. The molecule has 0 spiro atoms. The van der Waals surface area contributed by atoms with Crippen LogP contribution in [0.2, 0.25) is 0 Å². The molecule has 0 radical (unpaired) electrons. The lowest BCUT2D eigenvalue weighted by Gasteiger charge is -2.41. The first-order valence-electron chi connectivity index (χ1n) is 5.79. The molecule has 1 heterocycles. The lowest BCUT2D eigenvalue weighted by molar-refractivity contribution is 0.0213. The summed E-state index contributed by atoms with van der Waals surface area (Å²) in [5.41, 5.74) is 0. The van der Waals surface area contributed by atoms with Gasteiger partial charge in [0.05, 0.1) is 6.10 Å². The molecule has 3 nitrogen and oxygen atoms in total. The van der Waals surface area contributed by atoms with Crippen molar-refractivity contribution in [2.24, 2.45) is 11.8 Å². The number of hydrogen-bond acceptors (Lipinski definition) is 3. The van der Waals surface area contributed by atoms with Crippen LogP contribution in [0.15, 0.2) is 0 Å². The fourth-order valence-electron chi connectivity index (χ4n) is 2.73. The molecule has 1 aliphatic carbocycles. The highest BCUT2D eigenvalue weighted by Crippen LogP contribution is 2.27. The van der Waals surface area contributed by atoms with Crippen LogP contribution in [0.5, 0.6) is 0 Å². The maximum atomic E-state index is 9.52. The summed E-state index contributed by atoms with van der Waals surface area (Å²) in [4.78, 5) is 2.41. The summed E-state index contributed by atoms with van der Waals surface area (Å²) < 4.78 is 0. The van der Waals surface area contributed by atoms with Gasteiger partial charge in [-0.05, 0) is 25.2 Å². The zero-order valence-electron chi connectivity index (χ0n) is 8.73. The van der Waals surface area contributed by atoms with Gasteiger partial charge in [0.25, 0.3) is 0 Å². The molecule has 3 heteroatoms. The van der Waals surface area contributed by atoms with Crippen molar-refractivity contribution in [3.8, 4) is 0 Å². The SMILES string of the molecule is OCC1CN(CC2CCCC(O)C2)C1. The van der Waals surface area contributed by atoms with Crippen LogP contribution >= 0.6 is 0 Å². The van der Waals surface area contributed by atoms with Crippen molar-refractivity contribution >= 4 is 0 Å². The van der Waals surface area contributed by atoms with E-state index in [-0.39, 0.29) is 6.10 Å². The third-order valence-corrected chi connectivity index (χ3v) is 3.56. The Morgan fingerprint density at radius 2 is 1.93 bits per heavy atom. The Bertz CT molecular complexity index is 180. The molecule has 0 aromatic heterocycles. The van der Waals surface area contributed by atoms with Gasteiger partial charge in [0, 0.05) is 32.2 Å². The fourth-order valence-corrected chi connectivity index (χ4v) is 2.73. The van der Waals surface area contributed by atoms with Crippen LogP contribution < -0.4 is 0 Å². The van der Waals surface area contributed by atoms with Crippen molar-refractivity contribution in [1.29, 1.82) is 0 Å². The summed E-state index contributed by atoms with van der Waals surface area (Å²) in [6, 6.07) is 0. The second-order valence-electron chi connectivity index (χ2n) is 4.95. The molecule has 0 bridgehead atoms. The highest BCUT2D eigenvalue weighted by Gasteiger charge is 2.29. The van der Waals surface area contributed by atoms with E-state index in [2.05, 4.69) is 4.90 Å². The predicted molar refractivity (Wildman–Crippen MR) is 55.0 cm³/mol. The largest absolute Gasteiger partial charge is 0.396 e. The van der Waals surface area contributed by atoms with E-state index in [1.807, 2.05) is 0 Å². The van der Waals surface area contributed by atoms with Crippen molar-refractivity contribution in [1.82, 2.24) is 4.90 Å². The van der Waals surface area contributed by atoms with Gasteiger partial charge in [0.2, 0.25) is 0 Å². The van der Waals surface area contributed by atoms with Crippen molar-refractivity contribution in [3.63, 3.8) is 0 Å². The molecule has 2 fully saturated rings. The number of nitrogens with zero attached hydrogens (tertiary/aromatic N) is 1. The van der Waals surface area contributed by atoms with Crippen LogP contribution in [0.1, 0.15) is 25.7 Å². The molecule has 14 heavy (non-hydrogen) atoms. The van der Waals surface area contributed by atoms with Crippen LogP contribution in [-0.4, -0.2) is 47.5 Å². The second-order valence-corrected chi connectivity index (χ2v) is 4.95. The van der Waals surface area contributed by atoms with Crippen LogP contribution in [0, 0.1) is 11.8 Å². The second kappa shape index (κ2) is 4.60. The summed E-state index contributed by atoms with van der Waals surface area (Å²) in [6.07, 6.45) is 4.39. The molecule has 2 rings (SSSR count). The Hall–Kier alpha value is -0.120. The van der Waals surface area contributed by atoms with E-state index >= 15 is 0 Å². The maximum absolute atomic E-state index is 9.52. The Labute approximate surface area is 85.7 Å². The van der Waals surface area contributed by atoms with E-state index in [1.165, 1.54) is 12.8 Å². The van der Waals surface area contributed by atoms with Gasteiger partial charge in [0.1, 0.15) is 0 Å². The first-order chi connectivity index (χ1) is 6.78. The molecule has 0 amide bonds. The number of likely N-dealkylation sites (tertiary alicyclic amines) is 1. The maximum Gasteiger partial charge on any atom is 0.0543 e. The number of rotatable bonds is 3. The molecule has 2 atom stereocenters. The van der Waals surface area contributed by atoms with E-state index in [0.717, 1.165) is 32.5 Å². The van der Waals surface area contributed by atoms with Crippen molar-refractivity contribution in [2.75, 3.05) is 26.2 Å². The normalized spacial score (nSPS) is 35.6. The quantitative estimate of drug-likeness (QED) is 0.694. The Kier molecular flexibility index (Phi) is 3.42. The van der Waals surface area contributed by atoms with Gasteiger partial charge >= 0.3 is 0 Å². The standard InChI is InChI=1S/C11H21NO2/c13-8-10-6-12(7-10)5-9-2-1-3-11(14)4-9/h9-11,13-14H,1-8H2.